The monoisotopic (exact) mass is 404 g/mol. The van der Waals surface area contributed by atoms with Gasteiger partial charge in [0.15, 0.2) is 0 Å². The Balaban J connectivity index is 1.20. The first-order valence-electron chi connectivity index (χ1n) is 10.0. The second-order valence-electron chi connectivity index (χ2n) is 7.39. The van der Waals surface area contributed by atoms with E-state index >= 15 is 0 Å². The van der Waals surface area contributed by atoms with Crippen molar-refractivity contribution in [1.82, 2.24) is 14.8 Å². The van der Waals surface area contributed by atoms with Crippen LogP contribution in [0.15, 0.2) is 48.5 Å². The van der Waals surface area contributed by atoms with Crippen LogP contribution in [0.4, 0.5) is 0 Å². The first-order chi connectivity index (χ1) is 14.2. The smallest absolute Gasteiger partial charge is 0.222 e. The van der Waals surface area contributed by atoms with Gasteiger partial charge in [0.2, 0.25) is 5.91 Å². The summed E-state index contributed by atoms with van der Waals surface area (Å²) in [4.78, 5) is 21.6. The van der Waals surface area contributed by atoms with Crippen LogP contribution in [0.25, 0.3) is 10.2 Å². The number of fused-ring (bicyclic) bond motifs is 1. The van der Waals surface area contributed by atoms with Gasteiger partial charge in [-0.2, -0.15) is 5.26 Å². The molecule has 1 amide bonds. The lowest BCUT2D eigenvalue weighted by molar-refractivity contribution is -0.133. The highest BCUT2D eigenvalue weighted by Crippen LogP contribution is 2.23. The van der Waals surface area contributed by atoms with E-state index in [0.29, 0.717) is 12.0 Å². The van der Waals surface area contributed by atoms with E-state index in [4.69, 9.17) is 5.26 Å². The zero-order valence-corrected chi connectivity index (χ0v) is 17.2. The van der Waals surface area contributed by atoms with Gasteiger partial charge in [0, 0.05) is 39.1 Å². The summed E-state index contributed by atoms with van der Waals surface area (Å²) in [7, 11) is 0. The Morgan fingerprint density at radius 3 is 2.55 bits per heavy atom. The Labute approximate surface area is 175 Å². The van der Waals surface area contributed by atoms with E-state index in [1.807, 2.05) is 47.4 Å². The molecule has 6 heteroatoms. The molecule has 3 aromatic rings. The summed E-state index contributed by atoms with van der Waals surface area (Å²) in [5, 5.41) is 10.0. The molecule has 148 valence electrons. The summed E-state index contributed by atoms with van der Waals surface area (Å²) in [5.74, 6) is 0.254. The van der Waals surface area contributed by atoms with Crippen LogP contribution in [0, 0.1) is 11.3 Å². The molecule has 2 aromatic carbocycles. The molecule has 2 heterocycles. The number of nitriles is 1. The summed E-state index contributed by atoms with van der Waals surface area (Å²) in [6.07, 6.45) is 2.30. The standard InChI is InChI=1S/C23H24N4OS/c24-16-18-8-10-19(11-9-18)17-26-12-14-27(15-13-26)23(28)7-3-6-22-25-20-4-1-2-5-21(20)29-22/h1-2,4-5,8-11H,3,6-7,12-15,17H2. The van der Waals surface area contributed by atoms with Crippen LogP contribution in [-0.2, 0) is 17.8 Å². The maximum Gasteiger partial charge on any atom is 0.222 e. The molecule has 1 saturated heterocycles. The predicted octanol–water partition coefficient (Wildman–Crippen LogP) is 3.84. The largest absolute Gasteiger partial charge is 0.340 e. The van der Waals surface area contributed by atoms with E-state index in [-0.39, 0.29) is 5.91 Å². The van der Waals surface area contributed by atoms with Gasteiger partial charge < -0.3 is 4.90 Å². The molecule has 1 aromatic heterocycles. The highest BCUT2D eigenvalue weighted by molar-refractivity contribution is 7.18. The first kappa shape index (κ1) is 19.6. The van der Waals surface area contributed by atoms with Crippen molar-refractivity contribution in [2.24, 2.45) is 0 Å². The van der Waals surface area contributed by atoms with Gasteiger partial charge in [-0.15, -0.1) is 11.3 Å². The average molecular weight is 405 g/mol. The van der Waals surface area contributed by atoms with Crippen LogP contribution < -0.4 is 0 Å². The number of rotatable bonds is 6. The van der Waals surface area contributed by atoms with E-state index in [2.05, 4.69) is 22.0 Å². The molecular formula is C23H24N4OS. The van der Waals surface area contributed by atoms with Crippen LogP contribution >= 0.6 is 11.3 Å². The second kappa shape index (κ2) is 9.17. The van der Waals surface area contributed by atoms with Gasteiger partial charge in [0.05, 0.1) is 26.9 Å². The van der Waals surface area contributed by atoms with Gasteiger partial charge in [-0.05, 0) is 42.7 Å². The maximum atomic E-state index is 12.6. The van der Waals surface area contributed by atoms with Crippen molar-refractivity contribution >= 4 is 27.5 Å². The summed E-state index contributed by atoms with van der Waals surface area (Å²) in [6.45, 7) is 4.23. The maximum absolute atomic E-state index is 12.6. The second-order valence-corrected chi connectivity index (χ2v) is 8.51. The molecule has 1 aliphatic rings. The highest BCUT2D eigenvalue weighted by Gasteiger charge is 2.20. The Bertz CT molecular complexity index is 980. The summed E-state index contributed by atoms with van der Waals surface area (Å²) in [5.41, 5.74) is 2.95. The molecule has 5 nitrogen and oxygen atoms in total. The van der Waals surface area contributed by atoms with Crippen molar-refractivity contribution in [2.45, 2.75) is 25.8 Å². The van der Waals surface area contributed by atoms with Crippen LogP contribution in [0.2, 0.25) is 0 Å². The number of thiazole rings is 1. The van der Waals surface area contributed by atoms with Crippen LogP contribution in [0.1, 0.15) is 29.0 Å². The SMILES string of the molecule is N#Cc1ccc(CN2CCN(C(=O)CCCc3nc4ccccc4s3)CC2)cc1. The van der Waals surface area contributed by atoms with E-state index in [1.165, 1.54) is 10.3 Å². The third-order valence-electron chi connectivity index (χ3n) is 5.33. The van der Waals surface area contributed by atoms with Gasteiger partial charge in [-0.1, -0.05) is 24.3 Å². The molecule has 0 N–H and O–H groups in total. The van der Waals surface area contributed by atoms with Gasteiger partial charge in [-0.25, -0.2) is 4.98 Å². The molecule has 29 heavy (non-hydrogen) atoms. The third-order valence-corrected chi connectivity index (χ3v) is 6.43. The topological polar surface area (TPSA) is 60.2 Å². The molecular weight excluding hydrogens is 380 g/mol. The molecule has 4 rings (SSSR count). The fourth-order valence-electron chi connectivity index (χ4n) is 3.67. The van der Waals surface area contributed by atoms with Gasteiger partial charge >= 0.3 is 0 Å². The van der Waals surface area contributed by atoms with Crippen LogP contribution in [-0.4, -0.2) is 46.9 Å². The molecule has 0 saturated carbocycles. The zero-order chi connectivity index (χ0) is 20.1. The van der Waals surface area contributed by atoms with Crippen LogP contribution in [0.3, 0.4) is 0 Å². The number of aromatic nitrogens is 1. The van der Waals surface area contributed by atoms with E-state index in [1.54, 1.807) is 11.3 Å². The number of carbonyl (C=O) groups excluding carboxylic acids is 1. The Morgan fingerprint density at radius 2 is 1.83 bits per heavy atom. The molecule has 1 aliphatic heterocycles. The number of para-hydroxylation sites is 1. The minimum atomic E-state index is 0.254. The summed E-state index contributed by atoms with van der Waals surface area (Å²) in [6, 6.07) is 18.1. The first-order valence-corrected chi connectivity index (χ1v) is 10.9. The number of nitrogens with zero attached hydrogens (tertiary/aromatic N) is 4. The number of piperazine rings is 1. The zero-order valence-electron chi connectivity index (χ0n) is 16.4. The molecule has 0 spiro atoms. The van der Waals surface area contributed by atoms with Gasteiger partial charge in [-0.3, -0.25) is 9.69 Å². The van der Waals surface area contributed by atoms with Crippen molar-refractivity contribution in [3.63, 3.8) is 0 Å². The Kier molecular flexibility index (Phi) is 6.18. The third kappa shape index (κ3) is 5.00. The fourth-order valence-corrected chi connectivity index (χ4v) is 4.68. The molecule has 0 bridgehead atoms. The Hall–Kier alpha value is -2.75. The molecule has 0 unspecified atom stereocenters. The number of benzene rings is 2. The molecule has 1 fully saturated rings. The molecule has 0 aliphatic carbocycles. The number of aryl methyl sites for hydroxylation is 1. The van der Waals surface area contributed by atoms with Crippen molar-refractivity contribution in [3.05, 3.63) is 64.7 Å². The number of carbonyl (C=O) groups is 1. The summed E-state index contributed by atoms with van der Waals surface area (Å²) >= 11 is 1.73. The average Bonchev–Trinajstić information content (AvgIpc) is 3.17. The predicted molar refractivity (Wildman–Crippen MR) is 116 cm³/mol. The van der Waals surface area contributed by atoms with Crippen LogP contribution in [0.5, 0.6) is 0 Å². The minimum Gasteiger partial charge on any atom is -0.340 e. The fraction of sp³-hybridized carbons (Fsp3) is 0.348. The number of hydrogen-bond acceptors (Lipinski definition) is 5. The number of hydrogen-bond donors (Lipinski definition) is 0. The van der Waals surface area contributed by atoms with Gasteiger partial charge in [0.25, 0.3) is 0 Å². The lowest BCUT2D eigenvalue weighted by Gasteiger charge is -2.34. The van der Waals surface area contributed by atoms with E-state index in [9.17, 15) is 4.79 Å². The lowest BCUT2D eigenvalue weighted by atomic mass is 10.1. The number of amides is 1. The van der Waals surface area contributed by atoms with Gasteiger partial charge in [0.1, 0.15) is 0 Å². The summed E-state index contributed by atoms with van der Waals surface area (Å²) < 4.78 is 1.22. The van der Waals surface area contributed by atoms with Crippen molar-refractivity contribution in [2.75, 3.05) is 26.2 Å². The Morgan fingerprint density at radius 1 is 1.07 bits per heavy atom. The molecule has 0 radical (unpaired) electrons. The van der Waals surface area contributed by atoms with Crippen molar-refractivity contribution in [1.29, 1.82) is 5.26 Å². The highest BCUT2D eigenvalue weighted by atomic mass is 32.1. The van der Waals surface area contributed by atoms with E-state index in [0.717, 1.165) is 56.1 Å². The normalized spacial score (nSPS) is 14.8. The minimum absolute atomic E-state index is 0.254. The lowest BCUT2D eigenvalue weighted by Crippen LogP contribution is -2.48. The van der Waals surface area contributed by atoms with Crippen molar-refractivity contribution in [3.8, 4) is 6.07 Å². The van der Waals surface area contributed by atoms with Crippen molar-refractivity contribution < 1.29 is 4.79 Å². The quantitative estimate of drug-likeness (QED) is 0.626. The van der Waals surface area contributed by atoms with E-state index < -0.39 is 0 Å². The molecule has 0 atom stereocenters.